The van der Waals surface area contributed by atoms with Crippen LogP contribution < -0.4 is 0 Å². The Morgan fingerprint density at radius 2 is 1.86 bits per heavy atom. The molecule has 146 valence electrons. The summed E-state index contributed by atoms with van der Waals surface area (Å²) >= 11 is 5.92. The van der Waals surface area contributed by atoms with Crippen molar-refractivity contribution in [1.82, 2.24) is 14.4 Å². The van der Waals surface area contributed by atoms with Crippen molar-refractivity contribution in [2.24, 2.45) is 0 Å². The van der Waals surface area contributed by atoms with Gasteiger partial charge in [0.05, 0.1) is 4.90 Å². The van der Waals surface area contributed by atoms with Crippen LogP contribution in [-0.4, -0.2) is 29.4 Å². The van der Waals surface area contributed by atoms with Crippen molar-refractivity contribution in [3.8, 4) is 11.4 Å². The Balaban J connectivity index is 1.62. The van der Waals surface area contributed by atoms with E-state index < -0.39 is 16.1 Å². The fraction of sp³-hybridized carbons (Fsp3) is 0.300. The summed E-state index contributed by atoms with van der Waals surface area (Å²) in [5.74, 6) is 0.736. The Kier molecular flexibility index (Phi) is 5.23. The van der Waals surface area contributed by atoms with Crippen molar-refractivity contribution in [3.63, 3.8) is 0 Å². The van der Waals surface area contributed by atoms with Gasteiger partial charge in [0.15, 0.2) is 0 Å². The lowest BCUT2D eigenvalue weighted by Crippen LogP contribution is -2.30. The highest BCUT2D eigenvalue weighted by Gasteiger charge is 2.39. The van der Waals surface area contributed by atoms with Crippen LogP contribution in [0.4, 0.5) is 0 Å². The molecule has 1 aliphatic heterocycles. The van der Waals surface area contributed by atoms with Gasteiger partial charge in [0.25, 0.3) is 0 Å². The van der Waals surface area contributed by atoms with Crippen molar-refractivity contribution in [2.75, 3.05) is 6.54 Å². The first-order valence-electron chi connectivity index (χ1n) is 9.19. The van der Waals surface area contributed by atoms with E-state index in [2.05, 4.69) is 10.1 Å². The number of nitrogens with zero attached hydrogens (tertiary/aromatic N) is 3. The van der Waals surface area contributed by atoms with Crippen molar-refractivity contribution in [3.05, 3.63) is 65.0 Å². The zero-order chi connectivity index (χ0) is 19.7. The molecule has 1 aliphatic rings. The van der Waals surface area contributed by atoms with Crippen LogP contribution in [0, 0.1) is 0 Å². The molecule has 0 unspecified atom stereocenters. The maximum absolute atomic E-state index is 13.2. The van der Waals surface area contributed by atoms with Gasteiger partial charge in [0.1, 0.15) is 6.04 Å². The third-order valence-electron chi connectivity index (χ3n) is 4.97. The summed E-state index contributed by atoms with van der Waals surface area (Å²) in [4.78, 5) is 4.74. The predicted octanol–water partition coefficient (Wildman–Crippen LogP) is 4.48. The highest BCUT2D eigenvalue weighted by molar-refractivity contribution is 7.89. The van der Waals surface area contributed by atoms with E-state index in [1.54, 1.807) is 36.4 Å². The van der Waals surface area contributed by atoms with Gasteiger partial charge >= 0.3 is 0 Å². The molecule has 0 bridgehead atoms. The smallest absolute Gasteiger partial charge is 0.245 e. The van der Waals surface area contributed by atoms with E-state index >= 15 is 0 Å². The molecule has 0 amide bonds. The van der Waals surface area contributed by atoms with Gasteiger partial charge in [0.2, 0.25) is 21.7 Å². The topological polar surface area (TPSA) is 76.3 Å². The van der Waals surface area contributed by atoms with E-state index in [0.29, 0.717) is 29.7 Å². The number of hydrogen-bond acceptors (Lipinski definition) is 5. The summed E-state index contributed by atoms with van der Waals surface area (Å²) in [6, 6.07) is 13.7. The van der Waals surface area contributed by atoms with Gasteiger partial charge in [0, 0.05) is 17.1 Å². The minimum Gasteiger partial charge on any atom is -0.337 e. The number of benzene rings is 2. The van der Waals surface area contributed by atoms with Crippen molar-refractivity contribution < 1.29 is 12.9 Å². The Morgan fingerprint density at radius 1 is 1.14 bits per heavy atom. The van der Waals surface area contributed by atoms with Gasteiger partial charge in [-0.2, -0.15) is 9.29 Å². The average molecular weight is 418 g/mol. The Hall–Kier alpha value is -2.22. The summed E-state index contributed by atoms with van der Waals surface area (Å²) in [6.07, 6.45) is 2.26. The fourth-order valence-corrected chi connectivity index (χ4v) is 5.17. The minimum atomic E-state index is -3.63. The van der Waals surface area contributed by atoms with Gasteiger partial charge in [-0.15, -0.1) is 0 Å². The van der Waals surface area contributed by atoms with Crippen molar-refractivity contribution >= 4 is 21.6 Å². The Labute approximate surface area is 169 Å². The molecule has 4 rings (SSSR count). The number of aromatic nitrogens is 2. The second-order valence-corrected chi connectivity index (χ2v) is 9.06. The molecule has 0 N–H and O–H groups in total. The number of hydrogen-bond donors (Lipinski definition) is 0. The lowest BCUT2D eigenvalue weighted by molar-refractivity contribution is 0.290. The normalized spacial score (nSPS) is 17.9. The largest absolute Gasteiger partial charge is 0.337 e. The molecule has 0 aliphatic carbocycles. The van der Waals surface area contributed by atoms with Crippen LogP contribution in [0.25, 0.3) is 11.4 Å². The van der Waals surface area contributed by atoms with Crippen LogP contribution in [0.1, 0.15) is 37.3 Å². The third-order valence-corrected chi connectivity index (χ3v) is 7.15. The standard InChI is InChI=1S/C20H20ClN3O3S/c1-2-14-5-11-17(12-6-14)28(25,26)24-13-3-4-18(24)20-22-19(23-27-20)15-7-9-16(21)10-8-15/h5-12,18H,2-4,13H2,1H3/t18-/m0/s1. The number of halogens is 1. The van der Waals surface area contributed by atoms with E-state index in [9.17, 15) is 8.42 Å². The van der Waals surface area contributed by atoms with Gasteiger partial charge in [-0.05, 0) is 61.2 Å². The van der Waals surface area contributed by atoms with Crippen LogP contribution in [0.5, 0.6) is 0 Å². The molecule has 3 aromatic rings. The van der Waals surface area contributed by atoms with Crippen LogP contribution in [0.15, 0.2) is 57.9 Å². The SMILES string of the molecule is CCc1ccc(S(=O)(=O)N2CCC[C@H]2c2nc(-c3ccc(Cl)cc3)no2)cc1. The average Bonchev–Trinajstić information content (AvgIpc) is 3.38. The van der Waals surface area contributed by atoms with Gasteiger partial charge in [-0.1, -0.05) is 35.8 Å². The Bertz CT molecular complexity index is 1060. The molecule has 2 heterocycles. The fourth-order valence-electron chi connectivity index (χ4n) is 3.39. The second-order valence-electron chi connectivity index (χ2n) is 6.73. The first-order chi connectivity index (χ1) is 13.5. The van der Waals surface area contributed by atoms with Crippen molar-refractivity contribution in [1.29, 1.82) is 0 Å². The lowest BCUT2D eigenvalue weighted by atomic mass is 10.2. The summed E-state index contributed by atoms with van der Waals surface area (Å²) in [7, 11) is -3.63. The van der Waals surface area contributed by atoms with Crippen LogP contribution in [0.3, 0.4) is 0 Å². The maximum Gasteiger partial charge on any atom is 0.245 e. The molecule has 6 nitrogen and oxygen atoms in total. The Morgan fingerprint density at radius 3 is 2.54 bits per heavy atom. The van der Waals surface area contributed by atoms with E-state index in [-0.39, 0.29) is 4.90 Å². The molecule has 1 atom stereocenters. The van der Waals surface area contributed by atoms with Gasteiger partial charge in [-0.3, -0.25) is 0 Å². The number of aryl methyl sites for hydroxylation is 1. The van der Waals surface area contributed by atoms with E-state index in [0.717, 1.165) is 24.0 Å². The zero-order valence-corrected chi connectivity index (χ0v) is 16.9. The van der Waals surface area contributed by atoms with Crippen LogP contribution in [-0.2, 0) is 16.4 Å². The second kappa shape index (κ2) is 7.66. The maximum atomic E-state index is 13.2. The molecular formula is C20H20ClN3O3S. The monoisotopic (exact) mass is 417 g/mol. The van der Waals surface area contributed by atoms with Crippen LogP contribution >= 0.6 is 11.6 Å². The highest BCUT2D eigenvalue weighted by atomic mass is 35.5. The molecule has 1 fully saturated rings. The van der Waals surface area contributed by atoms with E-state index in [1.165, 1.54) is 4.31 Å². The molecule has 28 heavy (non-hydrogen) atoms. The molecule has 8 heteroatoms. The van der Waals surface area contributed by atoms with Gasteiger partial charge in [-0.25, -0.2) is 8.42 Å². The molecule has 1 aromatic heterocycles. The lowest BCUT2D eigenvalue weighted by Gasteiger charge is -2.21. The molecule has 2 aromatic carbocycles. The number of rotatable bonds is 5. The zero-order valence-electron chi connectivity index (χ0n) is 15.4. The first kappa shape index (κ1) is 19.1. The van der Waals surface area contributed by atoms with E-state index in [4.69, 9.17) is 16.1 Å². The summed E-state index contributed by atoms with van der Waals surface area (Å²) in [5.41, 5.74) is 1.86. The molecule has 0 saturated carbocycles. The van der Waals surface area contributed by atoms with Crippen molar-refractivity contribution in [2.45, 2.75) is 37.1 Å². The summed E-state index contributed by atoms with van der Waals surface area (Å²) < 4.78 is 33.2. The minimum absolute atomic E-state index is 0.286. The molecular weight excluding hydrogens is 398 g/mol. The molecule has 0 spiro atoms. The first-order valence-corrected chi connectivity index (χ1v) is 11.0. The quantitative estimate of drug-likeness (QED) is 0.611. The summed E-state index contributed by atoms with van der Waals surface area (Å²) in [5, 5.41) is 4.64. The predicted molar refractivity (Wildman–Crippen MR) is 106 cm³/mol. The van der Waals surface area contributed by atoms with Gasteiger partial charge < -0.3 is 4.52 Å². The third kappa shape index (κ3) is 3.57. The number of sulfonamides is 1. The highest BCUT2D eigenvalue weighted by Crippen LogP contribution is 2.36. The molecule has 0 radical (unpaired) electrons. The molecule has 1 saturated heterocycles. The van der Waals surface area contributed by atoms with E-state index in [1.807, 2.05) is 19.1 Å². The summed E-state index contributed by atoms with van der Waals surface area (Å²) in [6.45, 7) is 2.47. The van der Waals surface area contributed by atoms with Crippen LogP contribution in [0.2, 0.25) is 5.02 Å².